The predicted molar refractivity (Wildman–Crippen MR) is 83.0 cm³/mol. The van der Waals surface area contributed by atoms with E-state index in [1.807, 2.05) is 6.07 Å². The van der Waals surface area contributed by atoms with Crippen LogP contribution in [0.15, 0.2) is 24.5 Å². The number of carbonyl (C=O) groups excluding carboxylic acids is 1. The number of nitrogens with zero attached hydrogens (tertiary/aromatic N) is 2. The Balaban J connectivity index is 1.45. The van der Waals surface area contributed by atoms with E-state index in [0.717, 1.165) is 24.1 Å². The second-order valence-electron chi connectivity index (χ2n) is 6.91. The maximum Gasteiger partial charge on any atom is 0.417 e. The number of rotatable bonds is 3. The fraction of sp³-hybridized carbons (Fsp3) is 0.471. The highest BCUT2D eigenvalue weighted by molar-refractivity contribution is 5.97. The SMILES string of the molecule is O=C(NC1CC(O)(C(F)(F)F)C1)c1cnc2cc(C3CC3)ncc2c1. The Morgan fingerprint density at radius 2 is 1.92 bits per heavy atom. The molecule has 4 rings (SSSR count). The van der Waals surface area contributed by atoms with E-state index >= 15 is 0 Å². The van der Waals surface area contributed by atoms with Crippen molar-refractivity contribution < 1.29 is 23.1 Å². The number of nitrogens with one attached hydrogen (secondary N) is 1. The van der Waals surface area contributed by atoms with E-state index in [0.29, 0.717) is 11.3 Å². The summed E-state index contributed by atoms with van der Waals surface area (Å²) in [4.78, 5) is 20.8. The molecule has 2 saturated carbocycles. The molecule has 2 aliphatic carbocycles. The lowest BCUT2D eigenvalue weighted by molar-refractivity contribution is -0.291. The number of amides is 1. The summed E-state index contributed by atoms with van der Waals surface area (Å²) in [7, 11) is 0. The summed E-state index contributed by atoms with van der Waals surface area (Å²) in [5.41, 5.74) is -0.701. The van der Waals surface area contributed by atoms with Crippen LogP contribution in [0.4, 0.5) is 13.2 Å². The fourth-order valence-electron chi connectivity index (χ4n) is 3.12. The van der Waals surface area contributed by atoms with E-state index in [4.69, 9.17) is 0 Å². The highest BCUT2D eigenvalue weighted by atomic mass is 19.4. The van der Waals surface area contributed by atoms with Crippen molar-refractivity contribution in [3.8, 4) is 0 Å². The molecule has 0 unspecified atom stereocenters. The second-order valence-corrected chi connectivity index (χ2v) is 6.91. The monoisotopic (exact) mass is 351 g/mol. The summed E-state index contributed by atoms with van der Waals surface area (Å²) in [5.74, 6) is -0.00457. The van der Waals surface area contributed by atoms with Crippen LogP contribution in [-0.4, -0.2) is 38.8 Å². The van der Waals surface area contributed by atoms with E-state index in [9.17, 15) is 23.1 Å². The maximum atomic E-state index is 12.6. The Morgan fingerprint density at radius 3 is 2.56 bits per heavy atom. The minimum Gasteiger partial charge on any atom is -0.380 e. The third kappa shape index (κ3) is 2.95. The van der Waals surface area contributed by atoms with Gasteiger partial charge < -0.3 is 10.4 Å². The van der Waals surface area contributed by atoms with Gasteiger partial charge in [0.05, 0.1) is 11.1 Å². The molecular formula is C17H16F3N3O2. The average Bonchev–Trinajstić information content (AvgIpc) is 3.36. The zero-order valence-corrected chi connectivity index (χ0v) is 13.2. The summed E-state index contributed by atoms with van der Waals surface area (Å²) in [6.45, 7) is 0. The van der Waals surface area contributed by atoms with Gasteiger partial charge in [0.2, 0.25) is 0 Å². The van der Waals surface area contributed by atoms with Gasteiger partial charge in [-0.2, -0.15) is 13.2 Å². The van der Waals surface area contributed by atoms with Crippen molar-refractivity contribution in [3.63, 3.8) is 0 Å². The van der Waals surface area contributed by atoms with E-state index in [1.165, 1.54) is 6.20 Å². The molecule has 2 heterocycles. The molecule has 0 radical (unpaired) electrons. The molecule has 0 saturated heterocycles. The van der Waals surface area contributed by atoms with Gasteiger partial charge in [-0.05, 0) is 25.0 Å². The number of hydrogen-bond donors (Lipinski definition) is 2. The van der Waals surface area contributed by atoms with Crippen molar-refractivity contribution in [1.29, 1.82) is 0 Å². The van der Waals surface area contributed by atoms with Crippen molar-refractivity contribution in [2.45, 2.75) is 49.4 Å². The predicted octanol–water partition coefficient (Wildman–Crippen LogP) is 2.69. The lowest BCUT2D eigenvalue weighted by Gasteiger charge is -2.44. The summed E-state index contributed by atoms with van der Waals surface area (Å²) in [6.07, 6.45) is -0.411. The first-order chi connectivity index (χ1) is 11.7. The standard InChI is InChI=1S/C17H16F3N3O2/c18-17(19,20)16(25)5-12(6-16)23-15(24)11-3-10-7-21-13(9-1-2-9)4-14(10)22-8-11/h3-4,7-9,12,25H,1-2,5-6H2,(H,23,24). The Kier molecular flexibility index (Phi) is 3.50. The molecular weight excluding hydrogens is 335 g/mol. The minimum absolute atomic E-state index is 0.260. The topological polar surface area (TPSA) is 75.1 Å². The van der Waals surface area contributed by atoms with E-state index in [2.05, 4.69) is 15.3 Å². The van der Waals surface area contributed by atoms with Gasteiger partial charge in [-0.1, -0.05) is 0 Å². The van der Waals surface area contributed by atoms with Gasteiger partial charge in [0, 0.05) is 48.3 Å². The molecule has 2 aromatic rings. The van der Waals surface area contributed by atoms with Crippen molar-refractivity contribution in [2.24, 2.45) is 0 Å². The normalized spacial score (nSPS) is 26.3. The molecule has 132 valence electrons. The van der Waals surface area contributed by atoms with E-state index < -0.39 is 36.6 Å². The molecule has 25 heavy (non-hydrogen) atoms. The Morgan fingerprint density at radius 1 is 1.20 bits per heavy atom. The van der Waals surface area contributed by atoms with Crippen molar-refractivity contribution >= 4 is 16.8 Å². The van der Waals surface area contributed by atoms with Crippen molar-refractivity contribution in [2.75, 3.05) is 0 Å². The molecule has 1 amide bonds. The number of carbonyl (C=O) groups is 1. The van der Waals surface area contributed by atoms with Gasteiger partial charge in [0.25, 0.3) is 5.91 Å². The van der Waals surface area contributed by atoms with Gasteiger partial charge in [-0.25, -0.2) is 0 Å². The van der Waals surface area contributed by atoms with E-state index in [-0.39, 0.29) is 5.56 Å². The van der Waals surface area contributed by atoms with Crippen molar-refractivity contribution in [1.82, 2.24) is 15.3 Å². The summed E-state index contributed by atoms with van der Waals surface area (Å²) >= 11 is 0. The second kappa shape index (κ2) is 5.39. The quantitative estimate of drug-likeness (QED) is 0.892. The minimum atomic E-state index is -4.68. The molecule has 0 atom stereocenters. The molecule has 2 fully saturated rings. The third-order valence-electron chi connectivity index (χ3n) is 4.88. The number of pyridine rings is 2. The Labute approximate surface area is 141 Å². The van der Waals surface area contributed by atoms with E-state index in [1.54, 1.807) is 12.3 Å². The fourth-order valence-corrected chi connectivity index (χ4v) is 3.12. The first-order valence-corrected chi connectivity index (χ1v) is 8.11. The van der Waals surface area contributed by atoms with Crippen molar-refractivity contribution in [3.05, 3.63) is 35.8 Å². The van der Waals surface area contributed by atoms with Crippen LogP contribution in [0.25, 0.3) is 10.9 Å². The Hall–Kier alpha value is -2.22. The van der Waals surface area contributed by atoms with Crippen LogP contribution in [-0.2, 0) is 0 Å². The number of halogens is 3. The van der Waals surface area contributed by atoms with Gasteiger partial charge in [-0.15, -0.1) is 0 Å². The number of aliphatic hydroxyl groups is 1. The third-order valence-corrected chi connectivity index (χ3v) is 4.88. The van der Waals surface area contributed by atoms with Gasteiger partial charge >= 0.3 is 6.18 Å². The molecule has 0 aromatic carbocycles. The highest BCUT2D eigenvalue weighted by Crippen LogP contribution is 2.45. The number of hydrogen-bond acceptors (Lipinski definition) is 4. The van der Waals surface area contributed by atoms with Crippen LogP contribution >= 0.6 is 0 Å². The van der Waals surface area contributed by atoms with Gasteiger partial charge in [0.15, 0.2) is 5.60 Å². The number of fused-ring (bicyclic) bond motifs is 1. The molecule has 0 aliphatic heterocycles. The van der Waals surface area contributed by atoms with Crippen LogP contribution in [0.3, 0.4) is 0 Å². The first-order valence-electron chi connectivity index (χ1n) is 8.11. The van der Waals surface area contributed by atoms with Gasteiger partial charge in [-0.3, -0.25) is 14.8 Å². The van der Waals surface area contributed by atoms with Gasteiger partial charge in [0.1, 0.15) is 0 Å². The summed E-state index contributed by atoms with van der Waals surface area (Å²) < 4.78 is 37.8. The maximum absolute atomic E-state index is 12.6. The van der Waals surface area contributed by atoms with Crippen LogP contribution < -0.4 is 5.32 Å². The molecule has 8 heteroatoms. The highest BCUT2D eigenvalue weighted by Gasteiger charge is 2.61. The van der Waals surface area contributed by atoms with Crippen LogP contribution in [0.5, 0.6) is 0 Å². The number of aromatic nitrogens is 2. The average molecular weight is 351 g/mol. The largest absolute Gasteiger partial charge is 0.417 e. The summed E-state index contributed by atoms with van der Waals surface area (Å²) in [6, 6.07) is 2.82. The summed E-state index contributed by atoms with van der Waals surface area (Å²) in [5, 5.41) is 12.6. The van der Waals surface area contributed by atoms with Crippen LogP contribution in [0.2, 0.25) is 0 Å². The lowest BCUT2D eigenvalue weighted by Crippen LogP contribution is -2.62. The zero-order valence-electron chi connectivity index (χ0n) is 13.2. The number of alkyl halides is 3. The Bertz CT molecular complexity index is 843. The molecule has 2 aliphatic rings. The molecule has 5 nitrogen and oxygen atoms in total. The molecule has 0 spiro atoms. The lowest BCUT2D eigenvalue weighted by atomic mass is 9.75. The van der Waals surface area contributed by atoms with Crippen LogP contribution in [0, 0.1) is 0 Å². The smallest absolute Gasteiger partial charge is 0.380 e. The van der Waals surface area contributed by atoms with Crippen LogP contribution in [0.1, 0.15) is 47.7 Å². The molecule has 2 N–H and O–H groups in total. The molecule has 0 bridgehead atoms. The zero-order chi connectivity index (χ0) is 17.8. The molecule has 2 aromatic heterocycles. The first kappa shape index (κ1) is 16.3.